The van der Waals surface area contributed by atoms with Crippen LogP contribution in [0, 0.1) is 0 Å². The Bertz CT molecular complexity index is 412. The molecular weight excluding hydrogens is 162 g/mol. The van der Waals surface area contributed by atoms with Crippen molar-refractivity contribution in [3.63, 3.8) is 0 Å². The highest BCUT2D eigenvalue weighted by Gasteiger charge is 1.94. The molecule has 0 bridgehead atoms. The monoisotopic (exact) mass is 173 g/mol. The molecule has 0 aliphatic carbocycles. The van der Waals surface area contributed by atoms with Gasteiger partial charge < -0.3 is 11.1 Å². The molecule has 13 heavy (non-hydrogen) atoms. The van der Waals surface area contributed by atoms with Crippen molar-refractivity contribution >= 4 is 16.6 Å². The molecule has 1 aromatic heterocycles. The van der Waals surface area contributed by atoms with Crippen molar-refractivity contribution in [3.05, 3.63) is 36.5 Å². The van der Waals surface area contributed by atoms with Gasteiger partial charge in [0.25, 0.3) is 0 Å². The number of fused-ring (bicyclic) bond motifs is 1. The summed E-state index contributed by atoms with van der Waals surface area (Å²) in [6.07, 6.45) is 1.79. The van der Waals surface area contributed by atoms with E-state index < -0.39 is 0 Å². The fourth-order valence-electron chi connectivity index (χ4n) is 1.29. The zero-order valence-corrected chi connectivity index (χ0v) is 7.20. The molecule has 0 unspecified atom stereocenters. The zero-order chi connectivity index (χ0) is 9.10. The van der Waals surface area contributed by atoms with Crippen LogP contribution in [0.25, 0.3) is 10.9 Å². The third-order valence-electron chi connectivity index (χ3n) is 1.90. The Hall–Kier alpha value is -1.61. The van der Waals surface area contributed by atoms with Crippen molar-refractivity contribution in [2.45, 2.75) is 0 Å². The fraction of sp³-hybridized carbons (Fsp3) is 0.100. The molecule has 0 fully saturated rings. The fourth-order valence-corrected chi connectivity index (χ4v) is 1.29. The lowest BCUT2D eigenvalue weighted by Crippen LogP contribution is -2.10. The Labute approximate surface area is 76.6 Å². The first-order chi connectivity index (χ1) is 6.40. The molecule has 3 heteroatoms. The lowest BCUT2D eigenvalue weighted by Gasteiger charge is -2.03. The Morgan fingerprint density at radius 3 is 3.00 bits per heavy atom. The highest BCUT2D eigenvalue weighted by Crippen LogP contribution is 2.15. The van der Waals surface area contributed by atoms with Crippen LogP contribution in [0.3, 0.4) is 0 Å². The molecule has 2 rings (SSSR count). The predicted molar refractivity (Wildman–Crippen MR) is 54.4 cm³/mol. The average Bonchev–Trinajstić information content (AvgIpc) is 2.18. The molecule has 0 radical (unpaired) electrons. The van der Waals surface area contributed by atoms with E-state index in [4.69, 9.17) is 5.73 Å². The number of pyridine rings is 1. The van der Waals surface area contributed by atoms with Gasteiger partial charge in [-0.1, -0.05) is 18.2 Å². The summed E-state index contributed by atoms with van der Waals surface area (Å²) in [5, 5.41) is 4.14. The largest absolute Gasteiger partial charge is 0.371 e. The maximum absolute atomic E-state index is 5.37. The number of para-hydroxylation sites is 1. The van der Waals surface area contributed by atoms with E-state index in [-0.39, 0.29) is 0 Å². The summed E-state index contributed by atoms with van der Waals surface area (Å²) in [6, 6.07) is 10.0. The second kappa shape index (κ2) is 3.41. The minimum atomic E-state index is 0.431. The standard InChI is InChI=1S/C10H11N3/c11-7-13-9-5-8-3-1-2-4-10(8)12-6-9/h1-6,13H,7,11H2. The highest BCUT2D eigenvalue weighted by atomic mass is 15.0. The first-order valence-corrected chi connectivity index (χ1v) is 4.19. The lowest BCUT2D eigenvalue weighted by molar-refractivity contribution is 1.14. The highest BCUT2D eigenvalue weighted by molar-refractivity contribution is 5.81. The zero-order valence-electron chi connectivity index (χ0n) is 7.20. The molecule has 0 spiro atoms. The molecule has 0 saturated heterocycles. The van der Waals surface area contributed by atoms with Crippen LogP contribution in [0.4, 0.5) is 5.69 Å². The van der Waals surface area contributed by atoms with Gasteiger partial charge in [-0.2, -0.15) is 0 Å². The molecule has 0 amide bonds. The van der Waals surface area contributed by atoms with E-state index >= 15 is 0 Å². The smallest absolute Gasteiger partial charge is 0.0703 e. The van der Waals surface area contributed by atoms with Crippen molar-refractivity contribution in [2.24, 2.45) is 5.73 Å². The third-order valence-corrected chi connectivity index (χ3v) is 1.90. The van der Waals surface area contributed by atoms with E-state index in [0.717, 1.165) is 16.6 Å². The summed E-state index contributed by atoms with van der Waals surface area (Å²) in [6.45, 7) is 0.431. The summed E-state index contributed by atoms with van der Waals surface area (Å²) in [5.74, 6) is 0. The number of nitrogens with zero attached hydrogens (tertiary/aromatic N) is 1. The van der Waals surface area contributed by atoms with Crippen LogP contribution in [0.2, 0.25) is 0 Å². The summed E-state index contributed by atoms with van der Waals surface area (Å²) in [5.41, 5.74) is 7.33. The van der Waals surface area contributed by atoms with E-state index in [1.165, 1.54) is 0 Å². The number of nitrogens with two attached hydrogens (primary N) is 1. The normalized spacial score (nSPS) is 10.2. The van der Waals surface area contributed by atoms with Gasteiger partial charge in [-0.25, -0.2) is 0 Å². The molecule has 0 saturated carbocycles. The van der Waals surface area contributed by atoms with Crippen molar-refractivity contribution in [2.75, 3.05) is 12.0 Å². The predicted octanol–water partition coefficient (Wildman–Crippen LogP) is 1.56. The number of hydrogen-bond donors (Lipinski definition) is 2. The van der Waals surface area contributed by atoms with E-state index in [0.29, 0.717) is 6.67 Å². The van der Waals surface area contributed by atoms with Gasteiger partial charge in [-0.3, -0.25) is 4.98 Å². The third kappa shape index (κ3) is 1.60. The number of benzene rings is 1. The van der Waals surface area contributed by atoms with Crippen LogP contribution in [-0.4, -0.2) is 11.7 Å². The van der Waals surface area contributed by atoms with E-state index in [2.05, 4.69) is 10.3 Å². The van der Waals surface area contributed by atoms with Crippen LogP contribution >= 0.6 is 0 Å². The lowest BCUT2D eigenvalue weighted by atomic mass is 10.2. The maximum Gasteiger partial charge on any atom is 0.0703 e. The quantitative estimate of drug-likeness (QED) is 0.677. The minimum Gasteiger partial charge on any atom is -0.371 e. The van der Waals surface area contributed by atoms with Gasteiger partial charge in [0.2, 0.25) is 0 Å². The summed E-state index contributed by atoms with van der Waals surface area (Å²) >= 11 is 0. The molecule has 1 aromatic carbocycles. The molecule has 66 valence electrons. The summed E-state index contributed by atoms with van der Waals surface area (Å²) in [7, 11) is 0. The first-order valence-electron chi connectivity index (χ1n) is 4.19. The second-order valence-corrected chi connectivity index (χ2v) is 2.80. The van der Waals surface area contributed by atoms with Crippen molar-refractivity contribution < 1.29 is 0 Å². The Kier molecular flexibility index (Phi) is 2.10. The Balaban J connectivity index is 2.49. The average molecular weight is 173 g/mol. The first kappa shape index (κ1) is 8.01. The van der Waals surface area contributed by atoms with E-state index in [1.807, 2.05) is 30.3 Å². The number of rotatable bonds is 2. The van der Waals surface area contributed by atoms with E-state index in [1.54, 1.807) is 6.20 Å². The van der Waals surface area contributed by atoms with E-state index in [9.17, 15) is 0 Å². The van der Waals surface area contributed by atoms with Gasteiger partial charge in [-0.05, 0) is 12.1 Å². The molecule has 2 aromatic rings. The van der Waals surface area contributed by atoms with Crippen molar-refractivity contribution in [3.8, 4) is 0 Å². The SMILES string of the molecule is NCNc1cnc2ccccc2c1. The molecule has 0 aliphatic rings. The number of hydrogen-bond acceptors (Lipinski definition) is 3. The molecular formula is C10H11N3. The van der Waals surface area contributed by atoms with Gasteiger partial charge in [0.05, 0.1) is 24.1 Å². The minimum absolute atomic E-state index is 0.431. The van der Waals surface area contributed by atoms with Crippen molar-refractivity contribution in [1.82, 2.24) is 4.98 Å². The Morgan fingerprint density at radius 1 is 1.31 bits per heavy atom. The summed E-state index contributed by atoms with van der Waals surface area (Å²) < 4.78 is 0. The molecule has 3 nitrogen and oxygen atoms in total. The molecule has 3 N–H and O–H groups in total. The van der Waals surface area contributed by atoms with Crippen LogP contribution in [0.5, 0.6) is 0 Å². The van der Waals surface area contributed by atoms with Crippen LogP contribution in [0.1, 0.15) is 0 Å². The van der Waals surface area contributed by atoms with Gasteiger partial charge in [-0.15, -0.1) is 0 Å². The maximum atomic E-state index is 5.37. The van der Waals surface area contributed by atoms with Gasteiger partial charge in [0, 0.05) is 5.39 Å². The van der Waals surface area contributed by atoms with Crippen LogP contribution in [-0.2, 0) is 0 Å². The van der Waals surface area contributed by atoms with Gasteiger partial charge in [0.1, 0.15) is 0 Å². The Morgan fingerprint density at radius 2 is 2.15 bits per heavy atom. The van der Waals surface area contributed by atoms with Crippen LogP contribution in [0.15, 0.2) is 36.5 Å². The number of aromatic nitrogens is 1. The number of nitrogens with one attached hydrogen (secondary N) is 1. The van der Waals surface area contributed by atoms with Gasteiger partial charge in [0.15, 0.2) is 0 Å². The molecule has 0 aliphatic heterocycles. The summed E-state index contributed by atoms with van der Waals surface area (Å²) in [4.78, 5) is 4.28. The van der Waals surface area contributed by atoms with Gasteiger partial charge >= 0.3 is 0 Å². The van der Waals surface area contributed by atoms with Crippen LogP contribution < -0.4 is 11.1 Å². The van der Waals surface area contributed by atoms with Crippen molar-refractivity contribution in [1.29, 1.82) is 0 Å². The topological polar surface area (TPSA) is 50.9 Å². The molecule has 1 heterocycles. The second-order valence-electron chi connectivity index (χ2n) is 2.80. The molecule has 0 atom stereocenters. The number of anilines is 1.